The molecule has 222 valence electrons. The van der Waals surface area contributed by atoms with Crippen molar-refractivity contribution in [3.05, 3.63) is 46.6 Å². The van der Waals surface area contributed by atoms with Crippen LogP contribution in [0.2, 0.25) is 0 Å². The SMILES string of the molecule is CC1O[C@@H](Oc2ccc(-c3oc4cc(O[C@@H]5OC(C)[C@H](O)[C@H](O)C5O)cc(O)c4c(=O)c3O)cc2)[C@@H](O)C(O)[C@H]1O. The monoisotopic (exact) mass is 578 g/mol. The summed E-state index contributed by atoms with van der Waals surface area (Å²) in [6.07, 6.45) is -13.2. The lowest BCUT2D eigenvalue weighted by atomic mass is 10.00. The van der Waals surface area contributed by atoms with Gasteiger partial charge < -0.3 is 64.2 Å². The molecule has 4 unspecified atom stereocenters. The third-order valence-electron chi connectivity index (χ3n) is 7.16. The van der Waals surface area contributed by atoms with E-state index in [2.05, 4.69) is 0 Å². The van der Waals surface area contributed by atoms with Crippen molar-refractivity contribution >= 4 is 11.0 Å². The van der Waals surface area contributed by atoms with Gasteiger partial charge in [-0.1, -0.05) is 0 Å². The number of aliphatic hydroxyl groups is 6. The summed E-state index contributed by atoms with van der Waals surface area (Å²) < 4.78 is 27.7. The molecule has 14 heteroatoms. The fourth-order valence-electron chi connectivity index (χ4n) is 4.70. The standard InChI is InChI=1S/C27H30O14/c1-9-17(29)20(32)23(35)26(37-9)39-12-5-3-11(4-6-12)25-22(34)19(31)16-14(28)7-13(8-15(16)41-25)40-27-24(36)21(33)18(30)10(2)38-27/h3-10,17-18,20-21,23-24,26-30,32-36H,1-2H3/t9?,10?,17-,18-,20?,21-,23-,24?,26-,27-/m0/s1. The molecule has 0 radical (unpaired) electrons. The first-order chi connectivity index (χ1) is 19.4. The minimum Gasteiger partial charge on any atom is -0.507 e. The Balaban J connectivity index is 1.41. The molecule has 0 saturated carbocycles. The topological polar surface area (TPSA) is 229 Å². The first kappa shape index (κ1) is 29.0. The maximum Gasteiger partial charge on any atom is 0.238 e. The van der Waals surface area contributed by atoms with Crippen LogP contribution < -0.4 is 14.9 Å². The summed E-state index contributed by atoms with van der Waals surface area (Å²) in [7, 11) is 0. The average Bonchev–Trinajstić information content (AvgIpc) is 2.94. The Labute approximate surface area is 231 Å². The highest BCUT2D eigenvalue weighted by atomic mass is 16.7. The van der Waals surface area contributed by atoms with Crippen LogP contribution in [0.5, 0.6) is 23.0 Å². The quantitative estimate of drug-likeness (QED) is 0.187. The van der Waals surface area contributed by atoms with Gasteiger partial charge in [0.25, 0.3) is 0 Å². The molecule has 2 aliphatic heterocycles. The molecule has 0 spiro atoms. The zero-order valence-corrected chi connectivity index (χ0v) is 21.8. The van der Waals surface area contributed by atoms with E-state index < -0.39 is 78.3 Å². The van der Waals surface area contributed by atoms with Crippen molar-refractivity contribution in [2.75, 3.05) is 0 Å². The third kappa shape index (κ3) is 5.31. The summed E-state index contributed by atoms with van der Waals surface area (Å²) in [5, 5.41) is 80.9. The fraction of sp³-hybridized carbons (Fsp3) is 0.444. The van der Waals surface area contributed by atoms with Crippen LogP contribution >= 0.6 is 0 Å². The van der Waals surface area contributed by atoms with Crippen molar-refractivity contribution in [1.29, 1.82) is 0 Å². The highest BCUT2D eigenvalue weighted by molar-refractivity contribution is 5.88. The van der Waals surface area contributed by atoms with Gasteiger partial charge in [0, 0.05) is 17.7 Å². The van der Waals surface area contributed by atoms with Crippen molar-refractivity contribution in [3.8, 4) is 34.3 Å². The van der Waals surface area contributed by atoms with Crippen molar-refractivity contribution in [2.24, 2.45) is 0 Å². The number of fused-ring (bicyclic) bond motifs is 1. The molecule has 3 heterocycles. The van der Waals surface area contributed by atoms with Gasteiger partial charge in [-0.15, -0.1) is 0 Å². The van der Waals surface area contributed by atoms with E-state index in [1.165, 1.54) is 44.2 Å². The van der Waals surface area contributed by atoms with Gasteiger partial charge in [-0.3, -0.25) is 4.79 Å². The van der Waals surface area contributed by atoms with Gasteiger partial charge in [0.1, 0.15) is 64.8 Å². The molecule has 5 rings (SSSR count). The second-order valence-corrected chi connectivity index (χ2v) is 10.0. The van der Waals surface area contributed by atoms with Crippen molar-refractivity contribution in [1.82, 2.24) is 0 Å². The number of rotatable bonds is 5. The lowest BCUT2D eigenvalue weighted by molar-refractivity contribution is -0.268. The average molecular weight is 579 g/mol. The number of benzene rings is 2. The van der Waals surface area contributed by atoms with E-state index in [1.807, 2.05) is 0 Å². The van der Waals surface area contributed by atoms with Gasteiger partial charge in [-0.2, -0.15) is 0 Å². The number of aliphatic hydroxyl groups excluding tert-OH is 6. The molecular formula is C27H30O14. The predicted octanol–water partition coefficient (Wildman–Crippen LogP) is -0.716. The van der Waals surface area contributed by atoms with Crippen molar-refractivity contribution < 1.29 is 64.2 Å². The lowest BCUT2D eigenvalue weighted by Crippen LogP contribution is -2.58. The maximum absolute atomic E-state index is 12.9. The van der Waals surface area contributed by atoms with E-state index >= 15 is 0 Å². The van der Waals surface area contributed by atoms with Gasteiger partial charge >= 0.3 is 0 Å². The minimum atomic E-state index is -1.63. The molecule has 41 heavy (non-hydrogen) atoms. The molecule has 0 bridgehead atoms. The maximum atomic E-state index is 12.9. The number of aromatic hydroxyl groups is 2. The van der Waals surface area contributed by atoms with E-state index in [4.69, 9.17) is 23.4 Å². The molecule has 3 aromatic rings. The van der Waals surface area contributed by atoms with E-state index in [9.17, 15) is 45.6 Å². The van der Waals surface area contributed by atoms with Crippen LogP contribution in [0.3, 0.4) is 0 Å². The van der Waals surface area contributed by atoms with Gasteiger partial charge in [-0.25, -0.2) is 0 Å². The molecule has 14 nitrogen and oxygen atoms in total. The van der Waals surface area contributed by atoms with Crippen LogP contribution in [-0.4, -0.2) is 102 Å². The van der Waals surface area contributed by atoms with Crippen LogP contribution in [0.4, 0.5) is 0 Å². The summed E-state index contributed by atoms with van der Waals surface area (Å²) in [5.41, 5.74) is -0.894. The molecular weight excluding hydrogens is 548 g/mol. The summed E-state index contributed by atoms with van der Waals surface area (Å²) in [4.78, 5) is 12.9. The number of ether oxygens (including phenoxy) is 4. The van der Waals surface area contributed by atoms with E-state index in [-0.39, 0.29) is 33.8 Å². The lowest BCUT2D eigenvalue weighted by Gasteiger charge is -2.38. The summed E-state index contributed by atoms with van der Waals surface area (Å²) in [6, 6.07) is 7.99. The molecule has 2 aliphatic rings. The predicted molar refractivity (Wildman–Crippen MR) is 137 cm³/mol. The van der Waals surface area contributed by atoms with Gasteiger partial charge in [0.15, 0.2) is 5.76 Å². The molecule has 1 aromatic heterocycles. The molecule has 2 saturated heterocycles. The Morgan fingerprint density at radius 2 is 1.20 bits per heavy atom. The molecule has 10 atom stereocenters. The highest BCUT2D eigenvalue weighted by Crippen LogP contribution is 2.37. The van der Waals surface area contributed by atoms with Crippen LogP contribution in [0, 0.1) is 0 Å². The normalized spacial score (nSPS) is 34.0. The number of hydrogen-bond donors (Lipinski definition) is 8. The van der Waals surface area contributed by atoms with E-state index in [0.717, 1.165) is 6.07 Å². The minimum absolute atomic E-state index is 0.106. The van der Waals surface area contributed by atoms with Gasteiger partial charge in [0.05, 0.1) is 12.2 Å². The van der Waals surface area contributed by atoms with E-state index in [1.54, 1.807) is 0 Å². The smallest absolute Gasteiger partial charge is 0.238 e. The third-order valence-corrected chi connectivity index (χ3v) is 7.16. The Morgan fingerprint density at radius 3 is 1.73 bits per heavy atom. The first-order valence-corrected chi connectivity index (χ1v) is 12.7. The zero-order valence-electron chi connectivity index (χ0n) is 21.8. The van der Waals surface area contributed by atoms with Gasteiger partial charge in [-0.05, 0) is 38.1 Å². The van der Waals surface area contributed by atoms with Crippen LogP contribution in [-0.2, 0) is 9.47 Å². The van der Waals surface area contributed by atoms with Gasteiger partial charge in [0.2, 0.25) is 23.8 Å². The molecule has 8 N–H and O–H groups in total. The first-order valence-electron chi connectivity index (χ1n) is 12.7. The Hall–Kier alpha value is -3.47. The highest BCUT2D eigenvalue weighted by Gasteiger charge is 2.44. The second kappa shape index (κ2) is 11.1. The summed E-state index contributed by atoms with van der Waals surface area (Å²) in [6.45, 7) is 2.98. The Morgan fingerprint density at radius 1 is 0.683 bits per heavy atom. The van der Waals surface area contributed by atoms with Crippen molar-refractivity contribution in [3.63, 3.8) is 0 Å². The summed E-state index contributed by atoms with van der Waals surface area (Å²) >= 11 is 0. The molecule has 0 amide bonds. The fourth-order valence-corrected chi connectivity index (χ4v) is 4.70. The zero-order chi connectivity index (χ0) is 29.7. The van der Waals surface area contributed by atoms with E-state index in [0.29, 0.717) is 0 Å². The molecule has 2 aromatic carbocycles. The molecule has 2 fully saturated rings. The molecule has 0 aliphatic carbocycles. The largest absolute Gasteiger partial charge is 0.507 e. The Bertz CT molecular complexity index is 1460. The van der Waals surface area contributed by atoms with Crippen LogP contribution in [0.1, 0.15) is 13.8 Å². The number of phenols is 1. The summed E-state index contributed by atoms with van der Waals surface area (Å²) in [5.74, 6) is -1.55. The van der Waals surface area contributed by atoms with Crippen LogP contribution in [0.25, 0.3) is 22.3 Å². The number of phenolic OH excluding ortho intramolecular Hbond substituents is 1. The van der Waals surface area contributed by atoms with Crippen molar-refractivity contribution in [2.45, 2.75) is 75.3 Å². The van der Waals surface area contributed by atoms with Crippen LogP contribution in [0.15, 0.2) is 45.6 Å². The Kier molecular flexibility index (Phi) is 7.84. The second-order valence-electron chi connectivity index (χ2n) is 10.0. The number of hydrogen-bond acceptors (Lipinski definition) is 14.